The van der Waals surface area contributed by atoms with Crippen molar-refractivity contribution in [1.29, 1.82) is 0 Å². The number of hydrogen-bond acceptors (Lipinski definition) is 4. The number of hydrogen-bond donors (Lipinski definition) is 1. The quantitative estimate of drug-likeness (QED) is 0.799. The van der Waals surface area contributed by atoms with Gasteiger partial charge in [0.25, 0.3) is 5.91 Å². The number of hydrazone groups is 1. The summed E-state index contributed by atoms with van der Waals surface area (Å²) in [5.74, 6) is 0.667. The van der Waals surface area contributed by atoms with Crippen molar-refractivity contribution in [2.24, 2.45) is 5.10 Å². The number of halogens is 1. The van der Waals surface area contributed by atoms with E-state index in [1.54, 1.807) is 25.0 Å². The molecule has 98 valence electrons. The van der Waals surface area contributed by atoms with Crippen LogP contribution in [0, 0.1) is 12.7 Å². The number of benzene rings is 1. The number of carbonyl (C=O) groups excluding carboxylic acids is 2. The minimum atomic E-state index is -1.09. The molecule has 0 radical (unpaired) electrons. The van der Waals surface area contributed by atoms with E-state index in [1.807, 2.05) is 0 Å². The van der Waals surface area contributed by atoms with Crippen LogP contribution in [0.25, 0.3) is 0 Å². The van der Waals surface area contributed by atoms with Gasteiger partial charge in [0.05, 0.1) is 0 Å². The summed E-state index contributed by atoms with van der Waals surface area (Å²) in [6.45, 7) is 1.62. The van der Waals surface area contributed by atoms with E-state index in [0.29, 0.717) is 11.1 Å². The van der Waals surface area contributed by atoms with Crippen molar-refractivity contribution in [3.63, 3.8) is 0 Å². The molecule has 1 unspecified atom stereocenters. The van der Waals surface area contributed by atoms with Crippen LogP contribution in [0.4, 0.5) is 4.39 Å². The first-order valence-electron chi connectivity index (χ1n) is 5.50. The Kier molecular flexibility index (Phi) is 3.55. The van der Waals surface area contributed by atoms with Gasteiger partial charge in [0, 0.05) is 12.7 Å². The lowest BCUT2D eigenvalue weighted by atomic mass is 9.97. The van der Waals surface area contributed by atoms with Gasteiger partial charge in [-0.3, -0.25) is 4.79 Å². The van der Waals surface area contributed by atoms with Crippen LogP contribution in [0.1, 0.15) is 11.1 Å². The number of nitrogens with one attached hydrogen (secondary N) is 1. The lowest BCUT2D eigenvalue weighted by Gasteiger charge is -2.21. The molecule has 1 aliphatic heterocycles. The largest absolute Gasteiger partial charge is 0.366 e. The zero-order valence-electron chi connectivity index (χ0n) is 10.4. The Morgan fingerprint density at radius 2 is 2.21 bits per heavy atom. The molecule has 1 N–H and O–H groups in total. The number of ether oxygens (including phenoxy) is 1. The molecule has 1 atom stereocenters. The van der Waals surface area contributed by atoms with E-state index in [0.717, 1.165) is 0 Å². The average Bonchev–Trinajstić information content (AvgIpc) is 2.41. The molecule has 0 aliphatic carbocycles. The van der Waals surface area contributed by atoms with E-state index in [2.05, 4.69) is 10.5 Å². The molecular formula is C13H11FN2O3. The lowest BCUT2D eigenvalue weighted by molar-refractivity contribution is -0.129. The van der Waals surface area contributed by atoms with Gasteiger partial charge in [-0.2, -0.15) is 5.10 Å². The molecule has 6 heteroatoms. The van der Waals surface area contributed by atoms with Gasteiger partial charge in [0.1, 0.15) is 23.0 Å². The smallest absolute Gasteiger partial charge is 0.274 e. The molecule has 0 saturated heterocycles. The van der Waals surface area contributed by atoms with Crippen molar-refractivity contribution in [1.82, 2.24) is 5.43 Å². The lowest BCUT2D eigenvalue weighted by Crippen LogP contribution is -2.42. The Bertz CT molecular complexity index is 618. The number of nitrogens with zero attached hydrogens (tertiary/aromatic N) is 1. The first-order chi connectivity index (χ1) is 9.08. The van der Waals surface area contributed by atoms with Crippen molar-refractivity contribution < 1.29 is 18.7 Å². The van der Waals surface area contributed by atoms with Gasteiger partial charge in [-0.05, 0) is 18.6 Å². The summed E-state index contributed by atoms with van der Waals surface area (Å²) in [5.41, 5.74) is 3.19. The van der Waals surface area contributed by atoms with Gasteiger partial charge in [-0.15, -0.1) is 0 Å². The van der Waals surface area contributed by atoms with Gasteiger partial charge in [-0.25, -0.2) is 14.6 Å². The molecule has 0 aromatic heterocycles. The van der Waals surface area contributed by atoms with Gasteiger partial charge < -0.3 is 4.74 Å². The van der Waals surface area contributed by atoms with Crippen molar-refractivity contribution in [3.8, 4) is 0 Å². The minimum Gasteiger partial charge on any atom is -0.366 e. The molecule has 5 nitrogen and oxygen atoms in total. The fourth-order valence-corrected chi connectivity index (χ4v) is 1.77. The number of aryl methyl sites for hydroxylation is 1. The second-order valence-corrected chi connectivity index (χ2v) is 4.03. The topological polar surface area (TPSA) is 67.8 Å². The Balaban J connectivity index is 2.51. The van der Waals surface area contributed by atoms with Crippen LogP contribution in [0.2, 0.25) is 0 Å². The molecule has 1 amide bonds. The molecule has 1 aromatic rings. The maximum absolute atomic E-state index is 13.5. The normalized spacial score (nSPS) is 18.7. The summed E-state index contributed by atoms with van der Waals surface area (Å²) in [5, 5.41) is 3.77. The first kappa shape index (κ1) is 13.1. The van der Waals surface area contributed by atoms with Crippen LogP contribution in [0.3, 0.4) is 0 Å². The number of rotatable bonds is 2. The highest BCUT2D eigenvalue weighted by molar-refractivity contribution is 6.21. The number of carbonyl (C=O) groups is 1. The summed E-state index contributed by atoms with van der Waals surface area (Å²) in [6.07, 6.45) is -1.09. The van der Waals surface area contributed by atoms with Gasteiger partial charge in [0.2, 0.25) is 0 Å². The summed E-state index contributed by atoms with van der Waals surface area (Å²) >= 11 is 0. The molecule has 0 fully saturated rings. The summed E-state index contributed by atoms with van der Waals surface area (Å²) < 4.78 is 18.5. The van der Waals surface area contributed by atoms with Gasteiger partial charge >= 0.3 is 0 Å². The van der Waals surface area contributed by atoms with E-state index in [-0.39, 0.29) is 11.3 Å². The SMILES string of the molecule is COC1C(=O)NN=C(c2ccc(C)c(F)c2)C1=C=O. The van der Waals surface area contributed by atoms with Crippen LogP contribution in [-0.4, -0.2) is 30.8 Å². The Morgan fingerprint density at radius 1 is 1.47 bits per heavy atom. The van der Waals surface area contributed by atoms with E-state index in [9.17, 15) is 14.0 Å². The summed E-state index contributed by atoms with van der Waals surface area (Å²) in [7, 11) is 1.29. The highest BCUT2D eigenvalue weighted by atomic mass is 19.1. The van der Waals surface area contributed by atoms with Crippen LogP contribution >= 0.6 is 0 Å². The van der Waals surface area contributed by atoms with Gasteiger partial charge in [0.15, 0.2) is 6.10 Å². The third-order valence-corrected chi connectivity index (χ3v) is 2.82. The molecule has 1 aliphatic rings. The number of amides is 1. The van der Waals surface area contributed by atoms with E-state index in [1.165, 1.54) is 13.2 Å². The van der Waals surface area contributed by atoms with Crippen molar-refractivity contribution in [2.75, 3.05) is 7.11 Å². The minimum absolute atomic E-state index is 0.0468. The second kappa shape index (κ2) is 5.14. The fourth-order valence-electron chi connectivity index (χ4n) is 1.77. The third kappa shape index (κ3) is 2.31. The molecular weight excluding hydrogens is 251 g/mol. The van der Waals surface area contributed by atoms with E-state index in [4.69, 9.17) is 4.74 Å². The third-order valence-electron chi connectivity index (χ3n) is 2.82. The molecule has 19 heavy (non-hydrogen) atoms. The zero-order valence-corrected chi connectivity index (χ0v) is 10.4. The summed E-state index contributed by atoms with van der Waals surface area (Å²) in [4.78, 5) is 22.5. The van der Waals surface area contributed by atoms with Crippen LogP contribution in [0.5, 0.6) is 0 Å². The predicted octanol–water partition coefficient (Wildman–Crippen LogP) is 0.741. The molecule has 0 spiro atoms. The van der Waals surface area contributed by atoms with Crippen molar-refractivity contribution in [2.45, 2.75) is 13.0 Å². The number of methoxy groups -OCH3 is 1. The molecule has 1 heterocycles. The fraction of sp³-hybridized carbons (Fsp3) is 0.231. The maximum Gasteiger partial charge on any atom is 0.274 e. The Morgan fingerprint density at radius 3 is 2.79 bits per heavy atom. The molecule has 2 rings (SSSR count). The van der Waals surface area contributed by atoms with E-state index >= 15 is 0 Å². The predicted molar refractivity (Wildman–Crippen MR) is 65.8 cm³/mol. The second-order valence-electron chi connectivity index (χ2n) is 4.03. The highest BCUT2D eigenvalue weighted by Crippen LogP contribution is 2.18. The van der Waals surface area contributed by atoms with E-state index < -0.39 is 17.8 Å². The maximum atomic E-state index is 13.5. The zero-order chi connectivity index (χ0) is 14.0. The Labute approximate surface area is 108 Å². The van der Waals surface area contributed by atoms with Crippen LogP contribution in [0.15, 0.2) is 28.9 Å². The van der Waals surface area contributed by atoms with Crippen LogP contribution < -0.4 is 5.43 Å². The van der Waals surface area contributed by atoms with Crippen LogP contribution in [-0.2, 0) is 14.3 Å². The van der Waals surface area contributed by atoms with Gasteiger partial charge in [-0.1, -0.05) is 12.1 Å². The highest BCUT2D eigenvalue weighted by Gasteiger charge is 2.32. The molecule has 0 saturated carbocycles. The first-order valence-corrected chi connectivity index (χ1v) is 5.50. The average molecular weight is 262 g/mol. The standard InChI is InChI=1S/C13H11FN2O3/c1-7-3-4-8(5-10(7)14)11-9(6-17)12(19-2)13(18)16-15-11/h3-5,12H,1-2H3,(H,16,18). The van der Waals surface area contributed by atoms with Crippen molar-refractivity contribution in [3.05, 3.63) is 40.7 Å². The van der Waals surface area contributed by atoms with Crippen molar-refractivity contribution >= 4 is 17.6 Å². The monoisotopic (exact) mass is 262 g/mol. The molecule has 1 aromatic carbocycles. The summed E-state index contributed by atoms with van der Waals surface area (Å²) in [6, 6.07) is 4.42. The molecule has 0 bridgehead atoms. The Hall–Kier alpha value is -2.30.